The second kappa shape index (κ2) is 3.25. The number of aryl methyl sites for hydroxylation is 1. The first-order chi connectivity index (χ1) is 5.29. The van der Waals surface area contributed by atoms with Crippen molar-refractivity contribution in [1.29, 1.82) is 0 Å². The van der Waals surface area contributed by atoms with Crippen molar-refractivity contribution in [3.63, 3.8) is 0 Å². The van der Waals surface area contributed by atoms with Crippen LogP contribution in [0.4, 0.5) is 0 Å². The Hall–Kier alpha value is -0.870. The molecule has 5 heteroatoms. The molecule has 0 aliphatic carbocycles. The lowest BCUT2D eigenvalue weighted by Crippen LogP contribution is -2.15. The summed E-state index contributed by atoms with van der Waals surface area (Å²) in [6.45, 7) is 3.36. The molecule has 0 atom stereocenters. The maximum Gasteiger partial charge on any atom is 0.269 e. The SMILES string of the molecule is Cc1n[nH]c(=O)c2c1CNC2.Cl. The molecular weight excluding hydrogens is 178 g/mol. The lowest BCUT2D eigenvalue weighted by atomic mass is 10.1. The first-order valence-corrected chi connectivity index (χ1v) is 3.57. The number of rotatable bonds is 0. The molecule has 0 unspecified atom stereocenters. The molecule has 4 nitrogen and oxygen atoms in total. The van der Waals surface area contributed by atoms with Crippen molar-refractivity contribution in [3.05, 3.63) is 27.2 Å². The summed E-state index contributed by atoms with van der Waals surface area (Å²) in [5.74, 6) is 0. The predicted octanol–water partition coefficient (Wildman–Crippen LogP) is 0.103. The van der Waals surface area contributed by atoms with Gasteiger partial charge in [-0.2, -0.15) is 5.10 Å². The number of fused-ring (bicyclic) bond motifs is 1. The number of hydrogen-bond donors (Lipinski definition) is 2. The normalized spacial score (nSPS) is 13.8. The van der Waals surface area contributed by atoms with Gasteiger partial charge in [0.25, 0.3) is 5.56 Å². The van der Waals surface area contributed by atoms with Crippen molar-refractivity contribution in [1.82, 2.24) is 15.5 Å². The van der Waals surface area contributed by atoms with Crippen molar-refractivity contribution in [2.45, 2.75) is 20.0 Å². The van der Waals surface area contributed by atoms with Gasteiger partial charge in [-0.05, 0) is 12.5 Å². The van der Waals surface area contributed by atoms with Gasteiger partial charge in [0.05, 0.1) is 5.69 Å². The van der Waals surface area contributed by atoms with E-state index >= 15 is 0 Å². The van der Waals surface area contributed by atoms with Crippen LogP contribution in [0.1, 0.15) is 16.8 Å². The minimum Gasteiger partial charge on any atom is -0.308 e. The minimum absolute atomic E-state index is 0. The summed E-state index contributed by atoms with van der Waals surface area (Å²) in [4.78, 5) is 11.1. The summed E-state index contributed by atoms with van der Waals surface area (Å²) in [6, 6.07) is 0. The Morgan fingerprint density at radius 3 is 2.67 bits per heavy atom. The van der Waals surface area contributed by atoms with E-state index in [-0.39, 0.29) is 18.0 Å². The molecule has 12 heavy (non-hydrogen) atoms. The van der Waals surface area contributed by atoms with E-state index < -0.39 is 0 Å². The summed E-state index contributed by atoms with van der Waals surface area (Å²) in [5, 5.41) is 9.44. The quantitative estimate of drug-likeness (QED) is 0.606. The Morgan fingerprint density at radius 2 is 2.00 bits per heavy atom. The molecule has 0 saturated carbocycles. The Labute approximate surface area is 75.8 Å². The highest BCUT2D eigenvalue weighted by molar-refractivity contribution is 5.85. The first-order valence-electron chi connectivity index (χ1n) is 3.57. The smallest absolute Gasteiger partial charge is 0.269 e. The van der Waals surface area contributed by atoms with E-state index in [4.69, 9.17) is 0 Å². The fraction of sp³-hybridized carbons (Fsp3) is 0.429. The Bertz CT molecular complexity index is 347. The second-order valence-corrected chi connectivity index (χ2v) is 2.70. The third-order valence-electron chi connectivity index (χ3n) is 2.00. The van der Waals surface area contributed by atoms with Gasteiger partial charge in [-0.25, -0.2) is 5.10 Å². The van der Waals surface area contributed by atoms with Crippen molar-refractivity contribution >= 4 is 12.4 Å². The van der Waals surface area contributed by atoms with Crippen molar-refractivity contribution in [2.75, 3.05) is 0 Å². The summed E-state index contributed by atoms with van der Waals surface area (Å²) in [6.07, 6.45) is 0. The lowest BCUT2D eigenvalue weighted by Gasteiger charge is -1.97. The van der Waals surface area contributed by atoms with Crippen LogP contribution in [0.25, 0.3) is 0 Å². The molecule has 2 rings (SSSR count). The van der Waals surface area contributed by atoms with E-state index in [2.05, 4.69) is 15.5 Å². The third kappa shape index (κ3) is 1.23. The topological polar surface area (TPSA) is 57.8 Å². The molecule has 0 fully saturated rings. The number of H-pyrrole nitrogens is 1. The first kappa shape index (κ1) is 9.22. The van der Waals surface area contributed by atoms with E-state index in [0.29, 0.717) is 6.54 Å². The summed E-state index contributed by atoms with van der Waals surface area (Å²) in [5.41, 5.74) is 2.77. The van der Waals surface area contributed by atoms with E-state index in [0.717, 1.165) is 23.4 Å². The van der Waals surface area contributed by atoms with Gasteiger partial charge >= 0.3 is 0 Å². The lowest BCUT2D eigenvalue weighted by molar-refractivity contribution is 0.761. The van der Waals surface area contributed by atoms with Crippen LogP contribution in [-0.4, -0.2) is 10.2 Å². The van der Waals surface area contributed by atoms with Crippen molar-refractivity contribution in [2.24, 2.45) is 0 Å². The molecule has 0 amide bonds. The Balaban J connectivity index is 0.000000720. The van der Waals surface area contributed by atoms with Crippen LogP contribution in [-0.2, 0) is 13.1 Å². The largest absolute Gasteiger partial charge is 0.308 e. The average Bonchev–Trinajstić information content (AvgIpc) is 2.45. The number of aromatic nitrogens is 2. The Kier molecular flexibility index (Phi) is 2.49. The van der Waals surface area contributed by atoms with Gasteiger partial charge in [0, 0.05) is 18.7 Å². The van der Waals surface area contributed by atoms with Gasteiger partial charge in [0.15, 0.2) is 0 Å². The fourth-order valence-corrected chi connectivity index (χ4v) is 1.36. The van der Waals surface area contributed by atoms with Gasteiger partial charge in [0.2, 0.25) is 0 Å². The molecule has 0 saturated heterocycles. The molecule has 0 aromatic carbocycles. The van der Waals surface area contributed by atoms with Gasteiger partial charge in [0.1, 0.15) is 0 Å². The number of nitrogens with zero attached hydrogens (tertiary/aromatic N) is 1. The summed E-state index contributed by atoms with van der Waals surface area (Å²) >= 11 is 0. The predicted molar refractivity (Wildman–Crippen MR) is 47.4 cm³/mol. The minimum atomic E-state index is -0.0596. The second-order valence-electron chi connectivity index (χ2n) is 2.70. The highest BCUT2D eigenvalue weighted by atomic mass is 35.5. The molecule has 1 aromatic rings. The maximum atomic E-state index is 11.1. The van der Waals surface area contributed by atoms with Crippen LogP contribution in [0.15, 0.2) is 4.79 Å². The third-order valence-corrected chi connectivity index (χ3v) is 2.00. The van der Waals surface area contributed by atoms with Crippen molar-refractivity contribution < 1.29 is 0 Å². The molecule has 0 spiro atoms. The molecule has 0 radical (unpaired) electrons. The van der Waals surface area contributed by atoms with E-state index in [1.165, 1.54) is 0 Å². The van der Waals surface area contributed by atoms with Crippen LogP contribution in [0.5, 0.6) is 0 Å². The number of hydrogen-bond acceptors (Lipinski definition) is 3. The number of halogens is 1. The molecule has 0 bridgehead atoms. The van der Waals surface area contributed by atoms with Gasteiger partial charge < -0.3 is 5.32 Å². The summed E-state index contributed by atoms with van der Waals surface area (Å²) < 4.78 is 0. The number of nitrogens with one attached hydrogen (secondary N) is 2. The zero-order valence-corrected chi connectivity index (χ0v) is 7.49. The fourth-order valence-electron chi connectivity index (χ4n) is 1.36. The van der Waals surface area contributed by atoms with E-state index in [1.807, 2.05) is 6.92 Å². The highest BCUT2D eigenvalue weighted by Crippen LogP contribution is 2.11. The molecule has 1 aliphatic heterocycles. The molecular formula is C7H10ClN3O. The van der Waals surface area contributed by atoms with Gasteiger partial charge in [-0.1, -0.05) is 0 Å². The number of aromatic amines is 1. The standard InChI is InChI=1S/C7H9N3O.ClH/c1-4-5-2-8-3-6(5)7(11)10-9-4;/h8H,2-3H2,1H3,(H,10,11);1H. The van der Waals surface area contributed by atoms with E-state index in [9.17, 15) is 4.79 Å². The maximum absolute atomic E-state index is 11.1. The summed E-state index contributed by atoms with van der Waals surface area (Å²) in [7, 11) is 0. The molecule has 2 heterocycles. The molecule has 66 valence electrons. The zero-order chi connectivity index (χ0) is 7.84. The molecule has 1 aliphatic rings. The molecule has 1 aromatic heterocycles. The van der Waals surface area contributed by atoms with Crippen LogP contribution in [0, 0.1) is 6.92 Å². The van der Waals surface area contributed by atoms with Gasteiger partial charge in [-0.15, -0.1) is 12.4 Å². The highest BCUT2D eigenvalue weighted by Gasteiger charge is 2.15. The zero-order valence-electron chi connectivity index (χ0n) is 6.68. The monoisotopic (exact) mass is 187 g/mol. The Morgan fingerprint density at radius 1 is 1.33 bits per heavy atom. The van der Waals surface area contributed by atoms with Crippen LogP contribution in [0.3, 0.4) is 0 Å². The van der Waals surface area contributed by atoms with Crippen LogP contribution >= 0.6 is 12.4 Å². The average molecular weight is 188 g/mol. The van der Waals surface area contributed by atoms with Gasteiger partial charge in [-0.3, -0.25) is 4.79 Å². The van der Waals surface area contributed by atoms with E-state index in [1.54, 1.807) is 0 Å². The van der Waals surface area contributed by atoms with Crippen LogP contribution in [0.2, 0.25) is 0 Å². The van der Waals surface area contributed by atoms with Crippen molar-refractivity contribution in [3.8, 4) is 0 Å². The molecule has 2 N–H and O–H groups in total. The van der Waals surface area contributed by atoms with Crippen LogP contribution < -0.4 is 10.9 Å².